The molecule has 7 heteroatoms. The summed E-state index contributed by atoms with van der Waals surface area (Å²) in [4.78, 5) is 13.1. The van der Waals surface area contributed by atoms with Crippen LogP contribution < -0.4 is 25.4 Å². The molecule has 1 unspecified atom stereocenters. The Morgan fingerprint density at radius 2 is 1.79 bits per heavy atom. The van der Waals surface area contributed by atoms with E-state index in [0.717, 1.165) is 16.8 Å². The van der Waals surface area contributed by atoms with Crippen LogP contribution in [0.25, 0.3) is 0 Å². The molecule has 0 aliphatic carbocycles. The minimum atomic E-state index is -0.393. The number of ether oxygens (including phenoxy) is 2. The number of hydrogen-bond acceptors (Lipinski definition) is 4. The van der Waals surface area contributed by atoms with Crippen molar-refractivity contribution in [3.05, 3.63) is 64.9 Å². The Morgan fingerprint density at radius 1 is 1.07 bits per heavy atom. The maximum Gasteiger partial charge on any atom is 0.255 e. The van der Waals surface area contributed by atoms with Gasteiger partial charge < -0.3 is 25.4 Å². The second-order valence-electron chi connectivity index (χ2n) is 6.79. The maximum absolute atomic E-state index is 13.1. The van der Waals surface area contributed by atoms with Crippen molar-refractivity contribution in [3.8, 4) is 11.5 Å². The molecule has 28 heavy (non-hydrogen) atoms. The molecule has 2 aliphatic rings. The van der Waals surface area contributed by atoms with Gasteiger partial charge in [0.2, 0.25) is 0 Å². The summed E-state index contributed by atoms with van der Waals surface area (Å²) in [7, 11) is 0. The van der Waals surface area contributed by atoms with Crippen LogP contribution in [0.15, 0.2) is 53.7 Å². The van der Waals surface area contributed by atoms with Crippen LogP contribution in [0.3, 0.4) is 0 Å². The molecule has 144 valence electrons. The van der Waals surface area contributed by atoms with Crippen LogP contribution in [0.2, 0.25) is 0 Å². The van der Waals surface area contributed by atoms with Crippen LogP contribution >= 0.6 is 12.2 Å². The quantitative estimate of drug-likeness (QED) is 0.694. The molecule has 0 saturated carbocycles. The third-order valence-electron chi connectivity index (χ3n) is 4.72. The van der Waals surface area contributed by atoms with Gasteiger partial charge in [-0.2, -0.15) is 0 Å². The van der Waals surface area contributed by atoms with Crippen molar-refractivity contribution in [1.82, 2.24) is 10.6 Å². The first-order valence-electron chi connectivity index (χ1n) is 9.07. The van der Waals surface area contributed by atoms with E-state index < -0.39 is 6.04 Å². The van der Waals surface area contributed by atoms with Gasteiger partial charge in [-0.3, -0.25) is 4.79 Å². The van der Waals surface area contributed by atoms with Crippen LogP contribution in [0, 0.1) is 6.92 Å². The van der Waals surface area contributed by atoms with Gasteiger partial charge in [0.25, 0.3) is 5.91 Å². The van der Waals surface area contributed by atoms with E-state index >= 15 is 0 Å². The lowest BCUT2D eigenvalue weighted by Gasteiger charge is -2.31. The molecule has 1 amide bonds. The number of hydrogen-bond donors (Lipinski definition) is 3. The minimum absolute atomic E-state index is 0.191. The second kappa shape index (κ2) is 7.52. The van der Waals surface area contributed by atoms with Crippen molar-refractivity contribution in [2.45, 2.75) is 19.9 Å². The normalized spacial score (nSPS) is 18.2. The van der Waals surface area contributed by atoms with Crippen molar-refractivity contribution in [2.75, 3.05) is 18.5 Å². The highest BCUT2D eigenvalue weighted by Crippen LogP contribution is 2.36. The van der Waals surface area contributed by atoms with E-state index in [2.05, 4.69) is 16.0 Å². The number of allylic oxidation sites excluding steroid dienone is 1. The third-order valence-corrected chi connectivity index (χ3v) is 4.94. The van der Waals surface area contributed by atoms with Crippen LogP contribution in [-0.2, 0) is 4.79 Å². The summed E-state index contributed by atoms with van der Waals surface area (Å²) in [5.41, 5.74) is 4.04. The molecule has 4 rings (SSSR count). The number of carbonyl (C=O) groups is 1. The smallest absolute Gasteiger partial charge is 0.255 e. The van der Waals surface area contributed by atoms with E-state index in [1.54, 1.807) is 0 Å². The van der Waals surface area contributed by atoms with E-state index in [0.29, 0.717) is 41.1 Å². The first-order valence-corrected chi connectivity index (χ1v) is 9.48. The molecular weight excluding hydrogens is 374 g/mol. The fraction of sp³-hybridized carbons (Fsp3) is 0.238. The molecule has 2 aromatic carbocycles. The molecule has 2 aliphatic heterocycles. The van der Waals surface area contributed by atoms with Crippen molar-refractivity contribution in [1.29, 1.82) is 0 Å². The average molecular weight is 395 g/mol. The van der Waals surface area contributed by atoms with Gasteiger partial charge in [-0.1, -0.05) is 23.8 Å². The Kier molecular flexibility index (Phi) is 4.92. The predicted molar refractivity (Wildman–Crippen MR) is 112 cm³/mol. The van der Waals surface area contributed by atoms with E-state index in [9.17, 15) is 4.79 Å². The molecule has 2 heterocycles. The SMILES string of the molecule is CC1=C(C(=O)Nc2ccc(C)cc2)C(c2ccc3c(c2)OCCO3)NC(=S)N1. The Bertz CT molecular complexity index is 969. The van der Waals surface area contributed by atoms with Crippen molar-refractivity contribution in [3.63, 3.8) is 0 Å². The van der Waals surface area contributed by atoms with E-state index in [-0.39, 0.29) is 5.91 Å². The molecule has 0 bridgehead atoms. The number of fused-ring (bicyclic) bond motifs is 1. The van der Waals surface area contributed by atoms with Crippen molar-refractivity contribution < 1.29 is 14.3 Å². The highest BCUT2D eigenvalue weighted by molar-refractivity contribution is 7.80. The summed E-state index contributed by atoms with van der Waals surface area (Å²) in [5.74, 6) is 1.19. The van der Waals surface area contributed by atoms with Gasteiger partial charge in [0.1, 0.15) is 13.2 Å². The highest BCUT2D eigenvalue weighted by atomic mass is 32.1. The Labute approximate surface area is 168 Å². The van der Waals surface area contributed by atoms with Gasteiger partial charge in [0.05, 0.1) is 11.6 Å². The van der Waals surface area contributed by atoms with E-state index in [1.165, 1.54) is 0 Å². The molecule has 2 aromatic rings. The molecular formula is C21H21N3O3S. The molecule has 0 aromatic heterocycles. The monoisotopic (exact) mass is 395 g/mol. The molecule has 0 saturated heterocycles. The fourth-order valence-corrected chi connectivity index (χ4v) is 3.59. The van der Waals surface area contributed by atoms with Crippen LogP contribution in [0.4, 0.5) is 5.69 Å². The molecule has 0 fully saturated rings. The first-order chi connectivity index (χ1) is 13.5. The number of benzene rings is 2. The van der Waals surface area contributed by atoms with Crippen molar-refractivity contribution >= 4 is 28.9 Å². The molecule has 0 radical (unpaired) electrons. The molecule has 1 atom stereocenters. The second-order valence-corrected chi connectivity index (χ2v) is 7.20. The number of nitrogens with one attached hydrogen (secondary N) is 3. The summed E-state index contributed by atoms with van der Waals surface area (Å²) < 4.78 is 11.3. The minimum Gasteiger partial charge on any atom is -0.486 e. The maximum atomic E-state index is 13.1. The fourth-order valence-electron chi connectivity index (χ4n) is 3.32. The van der Waals surface area contributed by atoms with E-state index in [1.807, 2.05) is 56.3 Å². The van der Waals surface area contributed by atoms with Crippen LogP contribution in [0.1, 0.15) is 24.1 Å². The zero-order chi connectivity index (χ0) is 19.7. The van der Waals surface area contributed by atoms with Gasteiger partial charge in [-0.25, -0.2) is 0 Å². The van der Waals surface area contributed by atoms with Gasteiger partial charge >= 0.3 is 0 Å². The lowest BCUT2D eigenvalue weighted by Crippen LogP contribution is -2.45. The summed E-state index contributed by atoms with van der Waals surface area (Å²) >= 11 is 5.32. The third kappa shape index (κ3) is 3.66. The highest BCUT2D eigenvalue weighted by Gasteiger charge is 2.31. The van der Waals surface area contributed by atoms with Gasteiger partial charge in [-0.05, 0) is 55.9 Å². The molecule has 6 nitrogen and oxygen atoms in total. The average Bonchev–Trinajstić information content (AvgIpc) is 2.68. The number of rotatable bonds is 3. The topological polar surface area (TPSA) is 71.6 Å². The lowest BCUT2D eigenvalue weighted by molar-refractivity contribution is -0.113. The largest absolute Gasteiger partial charge is 0.486 e. The zero-order valence-corrected chi connectivity index (χ0v) is 16.5. The number of carbonyl (C=O) groups excluding carboxylic acids is 1. The molecule has 0 spiro atoms. The van der Waals surface area contributed by atoms with Crippen molar-refractivity contribution in [2.24, 2.45) is 0 Å². The summed E-state index contributed by atoms with van der Waals surface area (Å²) in [6.45, 7) is 4.89. The standard InChI is InChI=1S/C21H21N3O3S/c1-12-3-6-15(7-4-12)23-20(25)18-13(2)22-21(28)24-19(18)14-5-8-16-17(11-14)27-10-9-26-16/h3-8,11,19H,9-10H2,1-2H3,(H,23,25)(H2,22,24,28). The van der Waals surface area contributed by atoms with Gasteiger partial charge in [0.15, 0.2) is 16.6 Å². The number of aryl methyl sites for hydroxylation is 1. The summed E-state index contributed by atoms with van der Waals surface area (Å²) in [6.07, 6.45) is 0. The van der Waals surface area contributed by atoms with E-state index in [4.69, 9.17) is 21.7 Å². The summed E-state index contributed by atoms with van der Waals surface area (Å²) in [6, 6.07) is 13.0. The number of amides is 1. The van der Waals surface area contributed by atoms with Crippen LogP contribution in [0.5, 0.6) is 11.5 Å². The Balaban J connectivity index is 1.66. The Morgan fingerprint density at radius 3 is 2.54 bits per heavy atom. The number of thiocarbonyl (C=S) groups is 1. The van der Waals surface area contributed by atoms with Gasteiger partial charge in [-0.15, -0.1) is 0 Å². The summed E-state index contributed by atoms with van der Waals surface area (Å²) in [5, 5.41) is 9.70. The van der Waals surface area contributed by atoms with Gasteiger partial charge in [0, 0.05) is 11.4 Å². The lowest BCUT2D eigenvalue weighted by atomic mass is 9.94. The zero-order valence-electron chi connectivity index (χ0n) is 15.7. The molecule has 3 N–H and O–H groups in total. The first kappa shape index (κ1) is 18.3. The van der Waals surface area contributed by atoms with Crippen LogP contribution in [-0.4, -0.2) is 24.2 Å². The Hall–Kier alpha value is -3.06. The predicted octanol–water partition coefficient (Wildman–Crippen LogP) is 3.20. The number of anilines is 1.